The van der Waals surface area contributed by atoms with Crippen LogP contribution in [0.3, 0.4) is 0 Å². The first-order valence-electron chi connectivity index (χ1n) is 7.96. The summed E-state index contributed by atoms with van der Waals surface area (Å²) in [6.07, 6.45) is 11.3. The third kappa shape index (κ3) is 3.49. The van der Waals surface area contributed by atoms with Gasteiger partial charge in [-0.25, -0.2) is 4.98 Å². The monoisotopic (exact) mass is 344 g/mol. The van der Waals surface area contributed by atoms with Crippen LogP contribution in [0.15, 0.2) is 17.5 Å². The molecule has 0 radical (unpaired) electrons. The van der Waals surface area contributed by atoms with Gasteiger partial charge in [-0.2, -0.15) is 0 Å². The fourth-order valence-electron chi connectivity index (χ4n) is 3.09. The lowest BCUT2D eigenvalue weighted by Gasteiger charge is -2.32. The molecular weight excluding hydrogens is 324 g/mol. The van der Waals surface area contributed by atoms with Crippen molar-refractivity contribution in [3.8, 4) is 22.2 Å². The highest BCUT2D eigenvalue weighted by molar-refractivity contribution is 7.22. The summed E-state index contributed by atoms with van der Waals surface area (Å²) in [6, 6.07) is 4.32. The zero-order valence-electron chi connectivity index (χ0n) is 13.2. The molecule has 3 nitrogen and oxygen atoms in total. The van der Waals surface area contributed by atoms with E-state index in [-0.39, 0.29) is 11.9 Å². The highest BCUT2D eigenvalue weighted by atomic mass is 32.1. The Morgan fingerprint density at radius 3 is 2.87 bits per heavy atom. The molecule has 2 heterocycles. The van der Waals surface area contributed by atoms with Gasteiger partial charge in [0.1, 0.15) is 9.88 Å². The Balaban J connectivity index is 1.86. The fourth-order valence-corrected chi connectivity index (χ4v) is 4.91. The summed E-state index contributed by atoms with van der Waals surface area (Å²) in [5.74, 6) is 2.71. The third-order valence-corrected chi connectivity index (χ3v) is 6.45. The molecule has 120 valence electrons. The number of aryl methyl sites for hydroxylation is 1. The van der Waals surface area contributed by atoms with Crippen molar-refractivity contribution in [2.75, 3.05) is 6.54 Å². The second-order valence-electron chi connectivity index (χ2n) is 5.84. The zero-order valence-corrected chi connectivity index (χ0v) is 14.9. The van der Waals surface area contributed by atoms with Gasteiger partial charge in [0.05, 0.1) is 17.1 Å². The van der Waals surface area contributed by atoms with Crippen molar-refractivity contribution in [1.82, 2.24) is 9.88 Å². The van der Waals surface area contributed by atoms with Gasteiger partial charge in [-0.1, -0.05) is 31.2 Å². The maximum absolute atomic E-state index is 13.0. The highest BCUT2D eigenvalue weighted by Gasteiger charge is 2.28. The number of carbonyl (C=O) groups is 1. The minimum Gasteiger partial charge on any atom is -0.324 e. The average Bonchev–Trinajstić information content (AvgIpc) is 3.22. The molecule has 0 bridgehead atoms. The number of hydrogen-bond donors (Lipinski definition) is 0. The summed E-state index contributed by atoms with van der Waals surface area (Å²) in [5, 5.41) is 2.95. The average molecular weight is 345 g/mol. The van der Waals surface area contributed by atoms with Crippen molar-refractivity contribution >= 4 is 28.6 Å². The Bertz CT molecular complexity index is 706. The van der Waals surface area contributed by atoms with Crippen LogP contribution in [0.25, 0.3) is 9.88 Å². The summed E-state index contributed by atoms with van der Waals surface area (Å²) in [7, 11) is 0. The van der Waals surface area contributed by atoms with Gasteiger partial charge in [0.25, 0.3) is 5.91 Å². The van der Waals surface area contributed by atoms with Gasteiger partial charge in [-0.15, -0.1) is 29.1 Å². The van der Waals surface area contributed by atoms with E-state index >= 15 is 0 Å². The number of rotatable bonds is 4. The van der Waals surface area contributed by atoms with E-state index in [1.54, 1.807) is 11.3 Å². The van der Waals surface area contributed by atoms with Gasteiger partial charge in [0, 0.05) is 6.04 Å². The molecule has 1 fully saturated rings. The second kappa shape index (κ2) is 7.29. The minimum atomic E-state index is 0.0488. The van der Waals surface area contributed by atoms with Crippen molar-refractivity contribution in [3.05, 3.63) is 28.1 Å². The first kappa shape index (κ1) is 16.2. The molecular formula is C18H20N2OS2. The Labute approximate surface area is 145 Å². The molecule has 1 aliphatic carbocycles. The Morgan fingerprint density at radius 2 is 2.22 bits per heavy atom. The summed E-state index contributed by atoms with van der Waals surface area (Å²) in [5.41, 5.74) is 0.807. The summed E-state index contributed by atoms with van der Waals surface area (Å²) in [6.45, 7) is 2.30. The standard InChI is InChI=1S/C18H20N2OS2/c1-3-11-20(14-8-5-4-6-9-14)18(21)16-13(2)19-17(23-16)15-10-7-12-22-15/h1,7,10,12,14H,4-6,8-9,11H2,2H3. The van der Waals surface area contributed by atoms with Crippen LogP contribution in [-0.4, -0.2) is 28.4 Å². The van der Waals surface area contributed by atoms with Crippen LogP contribution < -0.4 is 0 Å². The van der Waals surface area contributed by atoms with Crippen molar-refractivity contribution in [3.63, 3.8) is 0 Å². The maximum atomic E-state index is 13.0. The lowest BCUT2D eigenvalue weighted by molar-refractivity contribution is 0.0671. The van der Waals surface area contributed by atoms with E-state index in [1.165, 1.54) is 30.6 Å². The topological polar surface area (TPSA) is 33.2 Å². The SMILES string of the molecule is C#CCN(C(=O)c1sc(-c2cccs2)nc1C)C1CCCCC1. The normalized spacial score (nSPS) is 15.3. The van der Waals surface area contributed by atoms with E-state index in [9.17, 15) is 4.79 Å². The quantitative estimate of drug-likeness (QED) is 0.760. The maximum Gasteiger partial charge on any atom is 0.266 e. The van der Waals surface area contributed by atoms with Gasteiger partial charge < -0.3 is 4.90 Å². The van der Waals surface area contributed by atoms with Gasteiger partial charge in [-0.3, -0.25) is 4.79 Å². The number of nitrogens with zero attached hydrogens (tertiary/aromatic N) is 2. The predicted octanol–water partition coefficient (Wildman–Crippen LogP) is 4.59. The molecule has 0 saturated heterocycles. The third-order valence-electron chi connectivity index (χ3n) is 4.26. The lowest BCUT2D eigenvalue weighted by atomic mass is 9.94. The number of thiazole rings is 1. The molecule has 0 aromatic carbocycles. The van der Waals surface area contributed by atoms with Gasteiger partial charge in [0.2, 0.25) is 0 Å². The predicted molar refractivity (Wildman–Crippen MR) is 96.9 cm³/mol. The van der Waals surface area contributed by atoms with Crippen molar-refractivity contribution in [1.29, 1.82) is 0 Å². The van der Waals surface area contributed by atoms with E-state index in [2.05, 4.69) is 10.9 Å². The molecule has 1 saturated carbocycles. The molecule has 0 aliphatic heterocycles. The molecule has 0 unspecified atom stereocenters. The Hall–Kier alpha value is -1.64. The number of amides is 1. The first-order chi connectivity index (χ1) is 11.2. The van der Waals surface area contributed by atoms with E-state index in [0.29, 0.717) is 6.54 Å². The zero-order chi connectivity index (χ0) is 16.2. The van der Waals surface area contributed by atoms with E-state index in [1.807, 2.05) is 29.3 Å². The van der Waals surface area contributed by atoms with Crippen molar-refractivity contribution < 1.29 is 4.79 Å². The number of aromatic nitrogens is 1. The number of terminal acetylenes is 1. The Morgan fingerprint density at radius 1 is 1.43 bits per heavy atom. The molecule has 1 aliphatic rings. The smallest absolute Gasteiger partial charge is 0.266 e. The first-order valence-corrected chi connectivity index (χ1v) is 9.66. The summed E-state index contributed by atoms with van der Waals surface area (Å²) >= 11 is 3.13. The van der Waals surface area contributed by atoms with Crippen LogP contribution >= 0.6 is 22.7 Å². The number of thiophene rings is 1. The molecule has 0 N–H and O–H groups in total. The molecule has 0 atom stereocenters. The largest absolute Gasteiger partial charge is 0.324 e. The van der Waals surface area contributed by atoms with Crippen LogP contribution in [0.4, 0.5) is 0 Å². The molecule has 3 rings (SSSR count). The van der Waals surface area contributed by atoms with Crippen molar-refractivity contribution in [2.45, 2.75) is 45.1 Å². The molecule has 2 aromatic heterocycles. The molecule has 0 spiro atoms. The van der Waals surface area contributed by atoms with Crippen LogP contribution in [0.1, 0.15) is 47.5 Å². The lowest BCUT2D eigenvalue weighted by Crippen LogP contribution is -2.41. The van der Waals surface area contributed by atoms with Crippen LogP contribution in [0.2, 0.25) is 0 Å². The molecule has 5 heteroatoms. The summed E-state index contributed by atoms with van der Waals surface area (Å²) < 4.78 is 0. The van der Waals surface area contributed by atoms with Crippen LogP contribution in [0.5, 0.6) is 0 Å². The fraction of sp³-hybridized carbons (Fsp3) is 0.444. The molecule has 2 aromatic rings. The molecule has 1 amide bonds. The van der Waals surface area contributed by atoms with Crippen LogP contribution in [0, 0.1) is 19.3 Å². The second-order valence-corrected chi connectivity index (χ2v) is 7.79. The number of hydrogen-bond acceptors (Lipinski definition) is 4. The van der Waals surface area contributed by atoms with Crippen LogP contribution in [-0.2, 0) is 0 Å². The highest BCUT2D eigenvalue weighted by Crippen LogP contribution is 2.33. The molecule has 23 heavy (non-hydrogen) atoms. The number of carbonyl (C=O) groups excluding carboxylic acids is 1. The van der Waals surface area contributed by atoms with Gasteiger partial charge >= 0.3 is 0 Å². The summed E-state index contributed by atoms with van der Waals surface area (Å²) in [4.78, 5) is 21.4. The Kier molecular flexibility index (Phi) is 5.14. The van der Waals surface area contributed by atoms with Gasteiger partial charge in [0.15, 0.2) is 0 Å². The van der Waals surface area contributed by atoms with Gasteiger partial charge in [-0.05, 0) is 31.2 Å². The minimum absolute atomic E-state index is 0.0488. The van der Waals surface area contributed by atoms with Crippen molar-refractivity contribution in [2.24, 2.45) is 0 Å². The van der Waals surface area contributed by atoms with E-state index < -0.39 is 0 Å². The van der Waals surface area contributed by atoms with E-state index in [0.717, 1.165) is 33.3 Å². The van der Waals surface area contributed by atoms with E-state index in [4.69, 9.17) is 6.42 Å².